The molecule has 7 heteroatoms. The Morgan fingerprint density at radius 3 is 2.52 bits per heavy atom. The van der Waals surface area contributed by atoms with E-state index >= 15 is 0 Å². The zero-order valence-electron chi connectivity index (χ0n) is 15.8. The van der Waals surface area contributed by atoms with Crippen molar-refractivity contribution in [2.45, 2.75) is 37.8 Å². The van der Waals surface area contributed by atoms with E-state index in [4.69, 9.17) is 5.73 Å². The van der Waals surface area contributed by atoms with Crippen LogP contribution in [0.3, 0.4) is 0 Å². The van der Waals surface area contributed by atoms with Gasteiger partial charge in [0.15, 0.2) is 0 Å². The molecule has 1 fully saturated rings. The molecule has 1 saturated carbocycles. The fraction of sp³-hybridized carbons (Fsp3) is 0.400. The van der Waals surface area contributed by atoms with Crippen molar-refractivity contribution >= 4 is 23.0 Å². The number of nitrogens with two attached hydrogens (primary N) is 1. The van der Waals surface area contributed by atoms with Gasteiger partial charge in [-0.05, 0) is 43.9 Å². The average molecular weight is 369 g/mol. The van der Waals surface area contributed by atoms with Crippen LogP contribution in [-0.4, -0.2) is 37.1 Å². The molecular weight excluding hydrogens is 342 g/mol. The van der Waals surface area contributed by atoms with Crippen molar-refractivity contribution in [3.8, 4) is 0 Å². The van der Waals surface area contributed by atoms with Crippen LogP contribution in [0.4, 0.5) is 17.1 Å². The van der Waals surface area contributed by atoms with E-state index < -0.39 is 11.5 Å². The summed E-state index contributed by atoms with van der Waals surface area (Å²) in [6.07, 6.45) is 5.30. The third kappa shape index (κ3) is 4.49. The normalized spacial score (nSPS) is 19.4. The molecule has 0 atom stereocenters. The van der Waals surface area contributed by atoms with Gasteiger partial charge in [-0.3, -0.25) is 9.59 Å². The summed E-state index contributed by atoms with van der Waals surface area (Å²) in [5.74, 6) is -0.429. The molecule has 1 aliphatic rings. The molecule has 0 saturated heterocycles. The zero-order chi connectivity index (χ0) is 19.4. The molecule has 1 heterocycles. The van der Waals surface area contributed by atoms with Crippen molar-refractivity contribution in [1.82, 2.24) is 4.98 Å². The van der Waals surface area contributed by atoms with Gasteiger partial charge in [0.2, 0.25) is 0 Å². The molecule has 0 aliphatic heterocycles. The number of hydrogen-bond donors (Lipinski definition) is 4. The van der Waals surface area contributed by atoms with Crippen molar-refractivity contribution in [2.75, 3.05) is 29.6 Å². The number of carbonyl (C=O) groups is 1. The van der Waals surface area contributed by atoms with E-state index in [2.05, 4.69) is 15.6 Å². The summed E-state index contributed by atoms with van der Waals surface area (Å²) in [5, 5.41) is 6.24. The third-order valence-corrected chi connectivity index (χ3v) is 4.95. The smallest absolute Gasteiger partial charge is 0.263 e. The van der Waals surface area contributed by atoms with Crippen LogP contribution in [0.1, 0.15) is 36.0 Å². The molecule has 1 aromatic heterocycles. The monoisotopic (exact) mass is 369 g/mol. The number of hydrogen-bond acceptors (Lipinski definition) is 5. The Balaban J connectivity index is 1.84. The Morgan fingerprint density at radius 2 is 1.81 bits per heavy atom. The molecule has 0 spiro atoms. The number of para-hydroxylation sites is 2. The first-order valence-corrected chi connectivity index (χ1v) is 9.27. The lowest BCUT2D eigenvalue weighted by Gasteiger charge is -2.28. The fourth-order valence-electron chi connectivity index (χ4n) is 3.46. The second-order valence-corrected chi connectivity index (χ2v) is 7.22. The van der Waals surface area contributed by atoms with E-state index in [1.807, 2.05) is 43.3 Å². The van der Waals surface area contributed by atoms with Crippen LogP contribution in [0.15, 0.2) is 41.3 Å². The summed E-state index contributed by atoms with van der Waals surface area (Å²) < 4.78 is 0. The Hall–Kier alpha value is -2.80. The van der Waals surface area contributed by atoms with Crippen molar-refractivity contribution in [3.05, 3.63) is 52.4 Å². The van der Waals surface area contributed by atoms with Gasteiger partial charge in [0.05, 0.1) is 17.1 Å². The Bertz CT molecular complexity index is 853. The molecular formula is C20H27N5O2. The number of aromatic nitrogens is 1. The largest absolute Gasteiger partial charge is 0.381 e. The lowest BCUT2D eigenvalue weighted by Crippen LogP contribution is -2.34. The Kier molecular flexibility index (Phi) is 5.81. The van der Waals surface area contributed by atoms with Crippen LogP contribution < -0.4 is 26.8 Å². The maximum atomic E-state index is 12.9. The maximum absolute atomic E-state index is 12.9. The lowest BCUT2D eigenvalue weighted by atomic mass is 9.91. The van der Waals surface area contributed by atoms with Gasteiger partial charge in [-0.2, -0.15) is 0 Å². The highest BCUT2D eigenvalue weighted by Crippen LogP contribution is 2.26. The molecule has 1 amide bonds. The van der Waals surface area contributed by atoms with Crippen molar-refractivity contribution < 1.29 is 4.79 Å². The molecule has 0 unspecified atom stereocenters. The number of amides is 1. The summed E-state index contributed by atoms with van der Waals surface area (Å²) in [6, 6.07) is 9.68. The van der Waals surface area contributed by atoms with E-state index in [1.165, 1.54) is 0 Å². The van der Waals surface area contributed by atoms with Gasteiger partial charge in [-0.25, -0.2) is 0 Å². The Labute approximate surface area is 159 Å². The quantitative estimate of drug-likeness (QED) is 0.648. The molecule has 3 rings (SSSR count). The second kappa shape index (κ2) is 8.26. The van der Waals surface area contributed by atoms with Gasteiger partial charge in [0.1, 0.15) is 5.56 Å². The van der Waals surface area contributed by atoms with Gasteiger partial charge in [0.25, 0.3) is 11.5 Å². The number of rotatable bonds is 5. The molecule has 0 bridgehead atoms. The third-order valence-electron chi connectivity index (χ3n) is 4.95. The first kappa shape index (κ1) is 19.0. The van der Waals surface area contributed by atoms with Crippen LogP contribution in [0.5, 0.6) is 0 Å². The van der Waals surface area contributed by atoms with E-state index in [-0.39, 0.29) is 17.6 Å². The molecule has 27 heavy (non-hydrogen) atoms. The number of pyridine rings is 1. The summed E-state index contributed by atoms with van der Waals surface area (Å²) in [7, 11) is 3.81. The highest BCUT2D eigenvalue weighted by atomic mass is 16.2. The molecule has 2 aromatic rings. The number of benzene rings is 1. The molecule has 144 valence electrons. The number of H-pyrrole nitrogens is 1. The minimum absolute atomic E-state index is 0.0981. The number of nitrogens with zero attached hydrogens (tertiary/aromatic N) is 1. The standard InChI is InChI=1S/C20H27N5O2/c1-25(2)17-6-4-3-5-15(17)24-20(27)18-16(11-12-22-19(18)26)23-14-9-7-13(21)8-10-14/h3-6,11-14H,7-10,21H2,1-2H3,(H,24,27)(H2,22,23,26). The Morgan fingerprint density at radius 1 is 1.11 bits per heavy atom. The lowest BCUT2D eigenvalue weighted by molar-refractivity contribution is 0.102. The second-order valence-electron chi connectivity index (χ2n) is 7.22. The van der Waals surface area contributed by atoms with E-state index in [0.717, 1.165) is 31.4 Å². The minimum atomic E-state index is -0.429. The summed E-state index contributed by atoms with van der Waals surface area (Å²) in [5.41, 5.74) is 7.74. The highest BCUT2D eigenvalue weighted by molar-refractivity contribution is 6.09. The predicted molar refractivity (Wildman–Crippen MR) is 110 cm³/mol. The first-order valence-electron chi connectivity index (χ1n) is 9.27. The van der Waals surface area contributed by atoms with Gasteiger partial charge < -0.3 is 26.3 Å². The van der Waals surface area contributed by atoms with Crippen LogP contribution in [-0.2, 0) is 0 Å². The topological polar surface area (TPSA) is 103 Å². The first-order chi connectivity index (χ1) is 13.0. The molecule has 1 aliphatic carbocycles. The molecule has 7 nitrogen and oxygen atoms in total. The maximum Gasteiger partial charge on any atom is 0.263 e. The van der Waals surface area contributed by atoms with Gasteiger partial charge in [-0.1, -0.05) is 12.1 Å². The van der Waals surface area contributed by atoms with Crippen molar-refractivity contribution in [2.24, 2.45) is 5.73 Å². The van der Waals surface area contributed by atoms with Gasteiger partial charge in [-0.15, -0.1) is 0 Å². The predicted octanol–water partition coefficient (Wildman–Crippen LogP) is 2.38. The fourth-order valence-corrected chi connectivity index (χ4v) is 3.46. The minimum Gasteiger partial charge on any atom is -0.381 e. The van der Waals surface area contributed by atoms with E-state index in [9.17, 15) is 9.59 Å². The summed E-state index contributed by atoms with van der Waals surface area (Å²) in [6.45, 7) is 0. The SMILES string of the molecule is CN(C)c1ccccc1NC(=O)c1c(NC2CCC(N)CC2)cc[nH]c1=O. The summed E-state index contributed by atoms with van der Waals surface area (Å²) in [4.78, 5) is 29.8. The highest BCUT2D eigenvalue weighted by Gasteiger charge is 2.22. The molecule has 1 aromatic carbocycles. The number of carbonyl (C=O) groups excluding carboxylic acids is 1. The van der Waals surface area contributed by atoms with E-state index in [0.29, 0.717) is 11.4 Å². The van der Waals surface area contributed by atoms with Crippen LogP contribution in [0, 0.1) is 0 Å². The number of aromatic amines is 1. The molecule has 5 N–H and O–H groups in total. The summed E-state index contributed by atoms with van der Waals surface area (Å²) >= 11 is 0. The number of anilines is 3. The van der Waals surface area contributed by atoms with Crippen LogP contribution in [0.25, 0.3) is 0 Å². The average Bonchev–Trinajstić information content (AvgIpc) is 2.64. The number of nitrogens with one attached hydrogen (secondary N) is 3. The van der Waals surface area contributed by atoms with Gasteiger partial charge >= 0.3 is 0 Å². The van der Waals surface area contributed by atoms with Gasteiger partial charge in [0, 0.05) is 32.4 Å². The van der Waals surface area contributed by atoms with E-state index in [1.54, 1.807) is 12.3 Å². The molecule has 0 radical (unpaired) electrons. The van der Waals surface area contributed by atoms with Crippen molar-refractivity contribution in [1.29, 1.82) is 0 Å². The van der Waals surface area contributed by atoms with Crippen LogP contribution >= 0.6 is 0 Å². The van der Waals surface area contributed by atoms with Crippen molar-refractivity contribution in [3.63, 3.8) is 0 Å². The zero-order valence-corrected chi connectivity index (χ0v) is 15.8. The van der Waals surface area contributed by atoms with Crippen LogP contribution in [0.2, 0.25) is 0 Å².